The first-order valence-corrected chi connectivity index (χ1v) is 6.47. The molecule has 3 N–H and O–H groups in total. The molecule has 0 unspecified atom stereocenters. The van der Waals surface area contributed by atoms with E-state index in [0.29, 0.717) is 5.02 Å². The maximum atomic E-state index is 12.0. The van der Waals surface area contributed by atoms with Crippen LogP contribution in [0.4, 0.5) is 5.69 Å². The van der Waals surface area contributed by atoms with Gasteiger partial charge in [-0.3, -0.25) is 4.79 Å². The maximum Gasteiger partial charge on any atom is 0.335 e. The largest absolute Gasteiger partial charge is 0.506 e. The fourth-order valence-electron chi connectivity index (χ4n) is 1.60. The van der Waals surface area contributed by atoms with Gasteiger partial charge in [-0.05, 0) is 36.4 Å². The number of amides is 1. The van der Waals surface area contributed by atoms with E-state index in [1.807, 2.05) is 0 Å². The molecule has 0 aliphatic rings. The Kier molecular flexibility index (Phi) is 4.35. The summed E-state index contributed by atoms with van der Waals surface area (Å²) in [6.07, 6.45) is 0. The highest BCUT2D eigenvalue weighted by atomic mass is 35.5. The lowest BCUT2D eigenvalue weighted by atomic mass is 10.1. The van der Waals surface area contributed by atoms with E-state index in [4.69, 9.17) is 28.3 Å². The van der Waals surface area contributed by atoms with Crippen molar-refractivity contribution in [1.82, 2.24) is 0 Å². The maximum absolute atomic E-state index is 12.0. The standard InChI is InChI=1S/C14H9Cl2NO4/c15-9-3-1-7(5-10(9)16)13(19)17-11-4-2-8(14(20)21)6-12(11)18/h1-6,18H,(H,17,19)(H,20,21). The topological polar surface area (TPSA) is 86.6 Å². The summed E-state index contributed by atoms with van der Waals surface area (Å²) in [5, 5.41) is 21.5. The number of rotatable bonds is 3. The second-order valence-corrected chi connectivity index (χ2v) is 4.93. The highest BCUT2D eigenvalue weighted by Crippen LogP contribution is 2.26. The predicted octanol–water partition coefficient (Wildman–Crippen LogP) is 3.65. The van der Waals surface area contributed by atoms with Crippen LogP contribution in [-0.2, 0) is 0 Å². The van der Waals surface area contributed by atoms with Crippen LogP contribution in [-0.4, -0.2) is 22.1 Å². The van der Waals surface area contributed by atoms with Crippen molar-refractivity contribution in [3.05, 3.63) is 57.6 Å². The van der Waals surface area contributed by atoms with Crippen LogP contribution >= 0.6 is 23.2 Å². The monoisotopic (exact) mass is 325 g/mol. The molecule has 0 spiro atoms. The number of carbonyl (C=O) groups is 2. The Balaban J connectivity index is 2.23. The number of carboxylic acid groups (broad SMARTS) is 1. The summed E-state index contributed by atoms with van der Waals surface area (Å²) in [4.78, 5) is 22.8. The number of phenolic OH excluding ortho intramolecular Hbond substituents is 1. The van der Waals surface area contributed by atoms with Gasteiger partial charge in [0.25, 0.3) is 5.91 Å². The Labute approximate surface area is 129 Å². The number of benzene rings is 2. The van der Waals surface area contributed by atoms with Crippen LogP contribution in [0.15, 0.2) is 36.4 Å². The lowest BCUT2D eigenvalue weighted by Crippen LogP contribution is -2.12. The van der Waals surface area contributed by atoms with Gasteiger partial charge in [0.15, 0.2) is 0 Å². The zero-order valence-corrected chi connectivity index (χ0v) is 11.9. The number of aromatic carboxylic acids is 1. The molecule has 0 radical (unpaired) electrons. The van der Waals surface area contributed by atoms with Crippen LogP contribution in [0.25, 0.3) is 0 Å². The van der Waals surface area contributed by atoms with Gasteiger partial charge in [-0.15, -0.1) is 0 Å². The molecule has 0 atom stereocenters. The Morgan fingerprint density at radius 3 is 2.19 bits per heavy atom. The zero-order valence-electron chi connectivity index (χ0n) is 10.4. The van der Waals surface area contributed by atoms with E-state index in [2.05, 4.69) is 5.32 Å². The van der Waals surface area contributed by atoms with Crippen molar-refractivity contribution in [2.24, 2.45) is 0 Å². The third kappa shape index (κ3) is 3.45. The van der Waals surface area contributed by atoms with Crippen LogP contribution in [0.1, 0.15) is 20.7 Å². The number of hydrogen-bond donors (Lipinski definition) is 3. The number of carbonyl (C=O) groups excluding carboxylic acids is 1. The first kappa shape index (κ1) is 15.2. The zero-order chi connectivity index (χ0) is 15.6. The number of halogens is 2. The van der Waals surface area contributed by atoms with E-state index in [1.54, 1.807) is 0 Å². The molecule has 0 saturated carbocycles. The average Bonchev–Trinajstić information content (AvgIpc) is 2.43. The molecule has 21 heavy (non-hydrogen) atoms. The summed E-state index contributed by atoms with van der Waals surface area (Å²) in [6, 6.07) is 7.97. The number of aromatic hydroxyl groups is 1. The second kappa shape index (κ2) is 6.03. The van der Waals surface area contributed by atoms with Gasteiger partial charge >= 0.3 is 5.97 Å². The molecule has 7 heteroatoms. The lowest BCUT2D eigenvalue weighted by molar-refractivity contribution is 0.0696. The van der Waals surface area contributed by atoms with Crippen molar-refractivity contribution in [1.29, 1.82) is 0 Å². The Hall–Kier alpha value is -2.24. The molecule has 0 saturated heterocycles. The second-order valence-electron chi connectivity index (χ2n) is 4.12. The molecular weight excluding hydrogens is 317 g/mol. The average molecular weight is 326 g/mol. The Morgan fingerprint density at radius 1 is 0.952 bits per heavy atom. The van der Waals surface area contributed by atoms with E-state index in [0.717, 1.165) is 6.07 Å². The van der Waals surface area contributed by atoms with Crippen molar-refractivity contribution in [2.75, 3.05) is 5.32 Å². The SMILES string of the molecule is O=C(O)c1ccc(NC(=O)c2ccc(Cl)c(Cl)c2)c(O)c1. The first-order chi connectivity index (χ1) is 9.88. The minimum absolute atomic E-state index is 0.0833. The molecule has 0 fully saturated rings. The third-order valence-electron chi connectivity index (χ3n) is 2.67. The van der Waals surface area contributed by atoms with E-state index in [9.17, 15) is 14.7 Å². The normalized spacial score (nSPS) is 10.2. The van der Waals surface area contributed by atoms with E-state index >= 15 is 0 Å². The minimum Gasteiger partial charge on any atom is -0.506 e. The summed E-state index contributed by atoms with van der Waals surface area (Å²) < 4.78 is 0. The molecule has 0 aromatic heterocycles. The molecule has 2 aromatic carbocycles. The quantitative estimate of drug-likeness (QED) is 0.752. The number of anilines is 1. The molecule has 2 aromatic rings. The van der Waals surface area contributed by atoms with Crippen LogP contribution < -0.4 is 5.32 Å². The van der Waals surface area contributed by atoms with Crippen LogP contribution in [0.3, 0.4) is 0 Å². The Bertz CT molecular complexity index is 731. The molecule has 0 bridgehead atoms. The molecule has 0 aliphatic carbocycles. The van der Waals surface area contributed by atoms with Crippen LogP contribution in [0, 0.1) is 0 Å². The molecule has 5 nitrogen and oxygen atoms in total. The summed E-state index contributed by atoms with van der Waals surface area (Å²) in [5.41, 5.74) is 0.266. The highest BCUT2D eigenvalue weighted by Gasteiger charge is 2.12. The minimum atomic E-state index is -1.17. The third-order valence-corrected chi connectivity index (χ3v) is 3.41. The highest BCUT2D eigenvalue weighted by molar-refractivity contribution is 6.42. The molecule has 1 amide bonds. The molecule has 0 heterocycles. The fraction of sp³-hybridized carbons (Fsp3) is 0. The number of phenols is 1. The Morgan fingerprint density at radius 2 is 1.62 bits per heavy atom. The van der Waals surface area contributed by atoms with Gasteiger partial charge < -0.3 is 15.5 Å². The van der Waals surface area contributed by atoms with Gasteiger partial charge in [0.05, 0.1) is 21.3 Å². The van der Waals surface area contributed by atoms with Crippen LogP contribution in [0.2, 0.25) is 10.0 Å². The van der Waals surface area contributed by atoms with Gasteiger partial charge in [0.2, 0.25) is 0 Å². The summed E-state index contributed by atoms with van der Waals surface area (Å²) in [7, 11) is 0. The predicted molar refractivity (Wildman–Crippen MR) is 79.5 cm³/mol. The van der Waals surface area contributed by atoms with Crippen LogP contribution in [0.5, 0.6) is 5.75 Å². The fourth-order valence-corrected chi connectivity index (χ4v) is 1.90. The van der Waals surface area contributed by atoms with E-state index in [-0.39, 0.29) is 27.6 Å². The van der Waals surface area contributed by atoms with Gasteiger partial charge in [0, 0.05) is 5.56 Å². The molecule has 0 aliphatic heterocycles. The van der Waals surface area contributed by atoms with Crippen molar-refractivity contribution in [2.45, 2.75) is 0 Å². The molecule has 2 rings (SSSR count). The van der Waals surface area contributed by atoms with Crippen molar-refractivity contribution in [3.8, 4) is 5.75 Å². The van der Waals surface area contributed by atoms with Crippen molar-refractivity contribution < 1.29 is 19.8 Å². The van der Waals surface area contributed by atoms with Crippen molar-refractivity contribution >= 4 is 40.8 Å². The first-order valence-electron chi connectivity index (χ1n) is 5.71. The lowest BCUT2D eigenvalue weighted by Gasteiger charge is -2.08. The van der Waals surface area contributed by atoms with Gasteiger partial charge in [-0.25, -0.2) is 4.79 Å². The van der Waals surface area contributed by atoms with E-state index in [1.165, 1.54) is 30.3 Å². The van der Waals surface area contributed by atoms with Crippen molar-refractivity contribution in [3.63, 3.8) is 0 Å². The van der Waals surface area contributed by atoms with Gasteiger partial charge in [0.1, 0.15) is 5.75 Å². The summed E-state index contributed by atoms with van der Waals surface area (Å²) in [6.45, 7) is 0. The van der Waals surface area contributed by atoms with Gasteiger partial charge in [-0.2, -0.15) is 0 Å². The van der Waals surface area contributed by atoms with Gasteiger partial charge in [-0.1, -0.05) is 23.2 Å². The molecule has 108 valence electrons. The number of carboxylic acids is 1. The van der Waals surface area contributed by atoms with E-state index < -0.39 is 11.9 Å². The number of nitrogens with one attached hydrogen (secondary N) is 1. The number of hydrogen-bond acceptors (Lipinski definition) is 3. The summed E-state index contributed by atoms with van der Waals surface area (Å²) >= 11 is 11.6. The molecular formula is C14H9Cl2NO4. The summed E-state index contributed by atoms with van der Waals surface area (Å²) in [5.74, 6) is -2.03. The smallest absolute Gasteiger partial charge is 0.335 e.